The van der Waals surface area contributed by atoms with Gasteiger partial charge in [-0.25, -0.2) is 0 Å². The van der Waals surface area contributed by atoms with Gasteiger partial charge in [0.15, 0.2) is 6.10 Å². The van der Waals surface area contributed by atoms with Crippen LogP contribution in [-0.2, 0) is 19.0 Å². The molecule has 5 nitrogen and oxygen atoms in total. The second-order valence-electron chi connectivity index (χ2n) is 9.10. The van der Waals surface area contributed by atoms with Crippen LogP contribution < -0.4 is 0 Å². The minimum atomic E-state index is -0.981. The molecule has 1 saturated heterocycles. The summed E-state index contributed by atoms with van der Waals surface area (Å²) in [6.45, 7) is 11.6. The first kappa shape index (κ1) is 20.6. The molecular weight excluding hydrogens is 344 g/mol. The smallest absolute Gasteiger partial charge is 0.303 e. The van der Waals surface area contributed by atoms with Gasteiger partial charge >= 0.3 is 5.97 Å². The maximum Gasteiger partial charge on any atom is 0.303 e. The van der Waals surface area contributed by atoms with Gasteiger partial charge in [-0.2, -0.15) is 0 Å². The third kappa shape index (κ3) is 4.15. The van der Waals surface area contributed by atoms with Crippen LogP contribution in [0, 0.1) is 5.92 Å². The van der Waals surface area contributed by atoms with Gasteiger partial charge in [-0.05, 0) is 57.9 Å². The molecule has 0 unspecified atom stereocenters. The molecule has 6 atom stereocenters. The predicted octanol–water partition coefficient (Wildman–Crippen LogP) is 3.70. The molecule has 5 heteroatoms. The van der Waals surface area contributed by atoms with Gasteiger partial charge in [0.05, 0.1) is 11.7 Å². The maximum absolute atomic E-state index is 11.9. The van der Waals surface area contributed by atoms with Gasteiger partial charge in [0.1, 0.15) is 17.8 Å². The number of carbonyl (C=O) groups is 1. The van der Waals surface area contributed by atoms with Crippen LogP contribution in [0.5, 0.6) is 0 Å². The molecule has 0 saturated carbocycles. The highest BCUT2D eigenvalue weighted by molar-refractivity contribution is 5.66. The number of fused-ring (bicyclic) bond motifs is 3. The van der Waals surface area contributed by atoms with E-state index in [2.05, 4.69) is 26.8 Å². The summed E-state index contributed by atoms with van der Waals surface area (Å²) in [5.74, 6) is -0.109. The Hall–Kier alpha value is -1.17. The van der Waals surface area contributed by atoms with Crippen molar-refractivity contribution in [1.82, 2.24) is 0 Å². The second-order valence-corrected chi connectivity index (χ2v) is 9.10. The van der Waals surface area contributed by atoms with Crippen LogP contribution in [0.3, 0.4) is 0 Å². The SMILES string of the molecule is CC(=O)O[C@H]1[C@@H]2O[C@H](C=C2C(C)C)[C@@](C)(O)CC/C=C(\C)CC[C@@H]2O[C@]21C. The zero-order valence-corrected chi connectivity index (χ0v) is 17.5. The van der Waals surface area contributed by atoms with Crippen molar-refractivity contribution in [3.63, 3.8) is 0 Å². The molecule has 0 aliphatic carbocycles. The van der Waals surface area contributed by atoms with Crippen molar-refractivity contribution in [2.24, 2.45) is 5.92 Å². The Morgan fingerprint density at radius 2 is 2.07 bits per heavy atom. The van der Waals surface area contributed by atoms with Crippen LogP contribution in [0.2, 0.25) is 0 Å². The van der Waals surface area contributed by atoms with Crippen LogP contribution in [0.15, 0.2) is 23.3 Å². The monoisotopic (exact) mass is 378 g/mol. The molecule has 27 heavy (non-hydrogen) atoms. The zero-order valence-electron chi connectivity index (χ0n) is 17.5. The van der Waals surface area contributed by atoms with E-state index in [0.29, 0.717) is 6.42 Å². The number of epoxide rings is 1. The largest absolute Gasteiger partial charge is 0.456 e. The van der Waals surface area contributed by atoms with Crippen molar-refractivity contribution in [3.05, 3.63) is 23.3 Å². The fourth-order valence-corrected chi connectivity index (χ4v) is 4.38. The quantitative estimate of drug-likeness (QED) is 0.451. The van der Waals surface area contributed by atoms with Crippen LogP contribution >= 0.6 is 0 Å². The van der Waals surface area contributed by atoms with Crippen LogP contribution in [0.25, 0.3) is 0 Å². The summed E-state index contributed by atoms with van der Waals surface area (Å²) in [4.78, 5) is 11.9. The Labute approximate surface area is 162 Å². The van der Waals surface area contributed by atoms with E-state index in [9.17, 15) is 9.90 Å². The van der Waals surface area contributed by atoms with Crippen molar-refractivity contribution in [1.29, 1.82) is 0 Å². The summed E-state index contributed by atoms with van der Waals surface area (Å²) in [7, 11) is 0. The van der Waals surface area contributed by atoms with E-state index in [1.807, 2.05) is 19.9 Å². The molecule has 152 valence electrons. The molecule has 1 fully saturated rings. The van der Waals surface area contributed by atoms with Crippen molar-refractivity contribution < 1.29 is 24.1 Å². The Morgan fingerprint density at radius 3 is 2.70 bits per heavy atom. The zero-order chi connectivity index (χ0) is 20.0. The Bertz CT molecular complexity index is 647. The van der Waals surface area contributed by atoms with E-state index in [-0.39, 0.29) is 18.0 Å². The molecule has 0 aromatic carbocycles. The van der Waals surface area contributed by atoms with E-state index in [1.54, 1.807) is 0 Å². The molecule has 0 spiro atoms. The molecule has 0 aromatic heterocycles. The lowest BCUT2D eigenvalue weighted by atomic mass is 9.85. The lowest BCUT2D eigenvalue weighted by Gasteiger charge is -2.33. The van der Waals surface area contributed by atoms with Gasteiger partial charge in [0, 0.05) is 6.92 Å². The first-order valence-corrected chi connectivity index (χ1v) is 10.1. The maximum atomic E-state index is 11.9. The summed E-state index contributed by atoms with van der Waals surface area (Å²) >= 11 is 0. The highest BCUT2D eigenvalue weighted by atomic mass is 16.7. The number of rotatable bonds is 2. The summed E-state index contributed by atoms with van der Waals surface area (Å²) < 4.78 is 18.2. The predicted molar refractivity (Wildman–Crippen MR) is 103 cm³/mol. The molecule has 3 aliphatic rings. The minimum Gasteiger partial charge on any atom is -0.456 e. The van der Waals surface area contributed by atoms with Crippen LogP contribution in [0.1, 0.15) is 67.2 Å². The number of carbonyl (C=O) groups excluding carboxylic acids is 1. The molecule has 3 rings (SSSR count). The Balaban J connectivity index is 1.98. The van der Waals surface area contributed by atoms with E-state index >= 15 is 0 Å². The van der Waals surface area contributed by atoms with Gasteiger partial charge in [0.2, 0.25) is 0 Å². The van der Waals surface area contributed by atoms with E-state index < -0.39 is 29.5 Å². The number of ether oxygens (including phenoxy) is 3. The van der Waals surface area contributed by atoms with E-state index in [0.717, 1.165) is 24.8 Å². The van der Waals surface area contributed by atoms with Crippen molar-refractivity contribution in [2.45, 2.75) is 103 Å². The van der Waals surface area contributed by atoms with Crippen LogP contribution in [0.4, 0.5) is 0 Å². The van der Waals surface area contributed by atoms with Crippen molar-refractivity contribution in [3.8, 4) is 0 Å². The highest BCUT2D eigenvalue weighted by Crippen LogP contribution is 2.49. The summed E-state index contributed by atoms with van der Waals surface area (Å²) in [5.41, 5.74) is 0.840. The standard InChI is InChI=1S/C22H34O5/c1-13(2)16-12-18-21(5,24)11-7-8-14(3)9-10-17-22(6,27-17)20(19(16)26-18)25-15(4)23/h8,12-13,17-20,24H,7,9-11H2,1-6H3/b14-8+/t17-,18+,19+,20-,21-,22+/m0/s1. The lowest BCUT2D eigenvalue weighted by Crippen LogP contribution is -2.47. The number of hydrogen-bond acceptors (Lipinski definition) is 5. The first-order chi connectivity index (χ1) is 12.5. The Morgan fingerprint density at radius 1 is 1.37 bits per heavy atom. The van der Waals surface area contributed by atoms with Crippen LogP contribution in [-0.4, -0.2) is 46.7 Å². The van der Waals surface area contributed by atoms with Gasteiger partial charge in [-0.15, -0.1) is 0 Å². The fourth-order valence-electron chi connectivity index (χ4n) is 4.38. The summed E-state index contributed by atoms with van der Waals surface area (Å²) in [6.07, 6.45) is 6.22. The number of hydrogen-bond donors (Lipinski definition) is 1. The minimum absolute atomic E-state index is 0.0440. The van der Waals surface area contributed by atoms with Gasteiger partial charge in [0.25, 0.3) is 0 Å². The molecule has 3 aliphatic heterocycles. The molecule has 2 bridgehead atoms. The number of aliphatic hydroxyl groups is 1. The third-order valence-corrected chi connectivity index (χ3v) is 6.30. The van der Waals surface area contributed by atoms with Gasteiger partial charge in [-0.1, -0.05) is 31.6 Å². The number of esters is 1. The molecule has 1 N–H and O–H groups in total. The highest BCUT2D eigenvalue weighted by Gasteiger charge is 2.63. The molecule has 0 radical (unpaired) electrons. The third-order valence-electron chi connectivity index (χ3n) is 6.30. The average molecular weight is 379 g/mol. The first-order valence-electron chi connectivity index (χ1n) is 10.1. The van der Waals surface area contributed by atoms with Gasteiger partial charge < -0.3 is 19.3 Å². The molecule has 0 amide bonds. The Kier molecular flexibility index (Phi) is 5.59. The molecule has 0 aromatic rings. The van der Waals surface area contributed by atoms with Crippen molar-refractivity contribution >= 4 is 5.97 Å². The topological polar surface area (TPSA) is 68.3 Å². The van der Waals surface area contributed by atoms with Crippen molar-refractivity contribution in [2.75, 3.05) is 0 Å². The molecule has 3 heterocycles. The number of allylic oxidation sites excluding steroid dienone is 2. The lowest BCUT2D eigenvalue weighted by molar-refractivity contribution is -0.166. The van der Waals surface area contributed by atoms with E-state index in [1.165, 1.54) is 12.5 Å². The fraction of sp³-hybridized carbons (Fsp3) is 0.773. The summed E-state index contributed by atoms with van der Waals surface area (Å²) in [5, 5.41) is 11.1. The normalized spacial score (nSPS) is 44.1. The summed E-state index contributed by atoms with van der Waals surface area (Å²) in [6, 6.07) is 0. The van der Waals surface area contributed by atoms with Gasteiger partial charge in [-0.3, -0.25) is 4.79 Å². The molecular formula is C22H34O5. The second kappa shape index (κ2) is 7.34. The average Bonchev–Trinajstić information content (AvgIpc) is 3.02. The van der Waals surface area contributed by atoms with E-state index in [4.69, 9.17) is 14.2 Å².